The molecule has 0 radical (unpaired) electrons. The molecular weight excluding hydrogens is 402 g/mol. The third kappa shape index (κ3) is 4.41. The van der Waals surface area contributed by atoms with Gasteiger partial charge >= 0.3 is 6.03 Å². The second-order valence-electron chi connectivity index (χ2n) is 9.09. The van der Waals surface area contributed by atoms with Gasteiger partial charge in [-0.3, -0.25) is 24.2 Å². The molecule has 1 spiro atoms. The molecule has 4 fully saturated rings. The molecule has 4 rings (SSSR count). The van der Waals surface area contributed by atoms with Gasteiger partial charge in [0, 0.05) is 39.3 Å². The Bertz CT molecular complexity index is 732. The molecule has 0 unspecified atom stereocenters. The van der Waals surface area contributed by atoms with Gasteiger partial charge in [0.15, 0.2) is 0 Å². The van der Waals surface area contributed by atoms with Crippen LogP contribution in [-0.2, 0) is 19.1 Å². The Hall–Kier alpha value is -2.20. The van der Waals surface area contributed by atoms with Crippen LogP contribution in [0.1, 0.15) is 32.6 Å². The van der Waals surface area contributed by atoms with Crippen molar-refractivity contribution in [3.63, 3.8) is 0 Å². The highest BCUT2D eigenvalue weighted by Gasteiger charge is 2.55. The number of piperazine rings is 1. The Kier molecular flexibility index (Phi) is 6.47. The van der Waals surface area contributed by atoms with E-state index in [-0.39, 0.29) is 30.2 Å². The number of urea groups is 1. The van der Waals surface area contributed by atoms with Crippen LogP contribution in [0, 0.1) is 5.92 Å². The predicted octanol–water partition coefficient (Wildman–Crippen LogP) is -0.510. The van der Waals surface area contributed by atoms with Gasteiger partial charge in [0.05, 0.1) is 19.8 Å². The molecular formula is C21H33N5O5. The van der Waals surface area contributed by atoms with Crippen LogP contribution in [0.2, 0.25) is 0 Å². The molecule has 3 heterocycles. The van der Waals surface area contributed by atoms with Crippen LogP contribution >= 0.6 is 0 Å². The fourth-order valence-corrected chi connectivity index (χ4v) is 5.13. The lowest BCUT2D eigenvalue weighted by atomic mass is 9.73. The van der Waals surface area contributed by atoms with Gasteiger partial charge in [-0.05, 0) is 18.8 Å². The number of rotatable bonds is 4. The Morgan fingerprint density at radius 3 is 2.29 bits per heavy atom. The molecule has 5 amide bonds. The van der Waals surface area contributed by atoms with Crippen LogP contribution < -0.4 is 5.32 Å². The Morgan fingerprint density at radius 1 is 0.968 bits per heavy atom. The van der Waals surface area contributed by atoms with Crippen LogP contribution in [0.3, 0.4) is 0 Å². The van der Waals surface area contributed by atoms with Gasteiger partial charge in [-0.15, -0.1) is 0 Å². The molecule has 10 heteroatoms. The second-order valence-corrected chi connectivity index (χ2v) is 9.09. The number of morpholine rings is 1. The number of hydrogen-bond acceptors (Lipinski definition) is 6. The summed E-state index contributed by atoms with van der Waals surface area (Å²) in [4.78, 5) is 57.5. The Balaban J connectivity index is 1.27. The van der Waals surface area contributed by atoms with Crippen molar-refractivity contribution >= 4 is 23.8 Å². The van der Waals surface area contributed by atoms with Crippen LogP contribution in [-0.4, -0.2) is 114 Å². The number of hydrogen-bond donors (Lipinski definition) is 1. The number of amides is 5. The molecule has 1 saturated carbocycles. The van der Waals surface area contributed by atoms with Gasteiger partial charge in [-0.25, -0.2) is 4.79 Å². The molecule has 0 bridgehead atoms. The van der Waals surface area contributed by atoms with Crippen LogP contribution in [0.4, 0.5) is 4.79 Å². The monoisotopic (exact) mass is 435 g/mol. The minimum absolute atomic E-state index is 0.0744. The van der Waals surface area contributed by atoms with Crippen LogP contribution in [0.5, 0.6) is 0 Å². The number of imide groups is 1. The van der Waals surface area contributed by atoms with Crippen molar-refractivity contribution < 1.29 is 23.9 Å². The summed E-state index contributed by atoms with van der Waals surface area (Å²) in [6.07, 6.45) is 3.50. The van der Waals surface area contributed by atoms with Gasteiger partial charge in [0.2, 0.25) is 11.8 Å². The molecule has 4 aliphatic rings. The molecule has 3 saturated heterocycles. The zero-order chi connectivity index (χ0) is 22.0. The number of ether oxygens (including phenoxy) is 1. The summed E-state index contributed by atoms with van der Waals surface area (Å²) in [5.41, 5.74) is -0.839. The highest BCUT2D eigenvalue weighted by Crippen LogP contribution is 2.38. The standard InChI is InChI=1S/C21H33N5O5/c1-16-4-2-3-5-21(16)19(29)26(20(30)22-21)15-18(28)24-8-6-23(7-9-24)14-17(27)25-10-12-31-13-11-25/h16H,2-15H2,1H3,(H,22,30)/t16-,21+/m1/s1. The van der Waals surface area contributed by atoms with Gasteiger partial charge in [0.25, 0.3) is 5.91 Å². The van der Waals surface area contributed by atoms with Crippen LogP contribution in [0.15, 0.2) is 0 Å². The first kappa shape index (κ1) is 22.0. The zero-order valence-corrected chi connectivity index (χ0v) is 18.3. The lowest BCUT2D eigenvalue weighted by molar-refractivity contribution is -0.142. The summed E-state index contributed by atoms with van der Waals surface area (Å²) >= 11 is 0. The maximum Gasteiger partial charge on any atom is 0.325 e. The molecule has 3 aliphatic heterocycles. The molecule has 0 aromatic rings. The number of nitrogens with zero attached hydrogens (tertiary/aromatic N) is 4. The van der Waals surface area contributed by atoms with E-state index >= 15 is 0 Å². The van der Waals surface area contributed by atoms with E-state index in [2.05, 4.69) is 5.32 Å². The van der Waals surface area contributed by atoms with Crippen LogP contribution in [0.25, 0.3) is 0 Å². The topological polar surface area (TPSA) is 102 Å². The molecule has 0 aromatic heterocycles. The highest BCUT2D eigenvalue weighted by molar-refractivity contribution is 6.09. The van der Waals surface area contributed by atoms with E-state index in [1.807, 2.05) is 16.7 Å². The average Bonchev–Trinajstić information content (AvgIpc) is 3.01. The van der Waals surface area contributed by atoms with Crippen molar-refractivity contribution in [3.05, 3.63) is 0 Å². The lowest BCUT2D eigenvalue weighted by Gasteiger charge is -2.37. The molecule has 2 atom stereocenters. The van der Waals surface area contributed by atoms with E-state index in [1.54, 1.807) is 4.90 Å². The van der Waals surface area contributed by atoms with Crippen molar-refractivity contribution in [2.24, 2.45) is 5.92 Å². The van der Waals surface area contributed by atoms with Crippen molar-refractivity contribution in [1.82, 2.24) is 24.9 Å². The van der Waals surface area contributed by atoms with E-state index < -0.39 is 11.6 Å². The average molecular weight is 436 g/mol. The summed E-state index contributed by atoms with van der Waals surface area (Å²) in [6.45, 7) is 6.72. The Labute approximate surface area is 182 Å². The van der Waals surface area contributed by atoms with E-state index in [1.165, 1.54) is 0 Å². The minimum atomic E-state index is -0.839. The maximum absolute atomic E-state index is 13.1. The minimum Gasteiger partial charge on any atom is -0.378 e. The first-order valence-electron chi connectivity index (χ1n) is 11.4. The van der Waals surface area contributed by atoms with E-state index in [4.69, 9.17) is 4.74 Å². The SMILES string of the molecule is C[C@@H]1CCCC[C@]12NC(=O)N(CC(=O)N1CCN(CC(=O)N3CCOCC3)CC1)C2=O. The molecule has 1 aliphatic carbocycles. The zero-order valence-electron chi connectivity index (χ0n) is 18.3. The first-order valence-corrected chi connectivity index (χ1v) is 11.4. The van der Waals surface area contributed by atoms with Crippen molar-refractivity contribution in [3.8, 4) is 0 Å². The summed E-state index contributed by atoms with van der Waals surface area (Å²) < 4.78 is 5.28. The second kappa shape index (κ2) is 9.12. The molecule has 31 heavy (non-hydrogen) atoms. The third-order valence-electron chi connectivity index (χ3n) is 7.24. The molecule has 172 valence electrons. The quantitative estimate of drug-likeness (QED) is 0.597. The van der Waals surface area contributed by atoms with Gasteiger partial charge in [0.1, 0.15) is 12.1 Å². The smallest absolute Gasteiger partial charge is 0.325 e. The van der Waals surface area contributed by atoms with E-state index in [9.17, 15) is 19.2 Å². The van der Waals surface area contributed by atoms with Gasteiger partial charge in [-0.1, -0.05) is 19.8 Å². The predicted molar refractivity (Wildman–Crippen MR) is 111 cm³/mol. The first-order chi connectivity index (χ1) is 14.9. The third-order valence-corrected chi connectivity index (χ3v) is 7.24. The van der Waals surface area contributed by atoms with Gasteiger partial charge in [-0.2, -0.15) is 0 Å². The summed E-state index contributed by atoms with van der Waals surface area (Å²) in [7, 11) is 0. The lowest BCUT2D eigenvalue weighted by Crippen LogP contribution is -2.55. The van der Waals surface area contributed by atoms with E-state index in [0.29, 0.717) is 65.4 Å². The van der Waals surface area contributed by atoms with Gasteiger partial charge < -0.3 is 19.9 Å². The van der Waals surface area contributed by atoms with Crippen molar-refractivity contribution in [1.29, 1.82) is 0 Å². The maximum atomic E-state index is 13.1. The number of carbonyl (C=O) groups is 4. The van der Waals surface area contributed by atoms with Crippen molar-refractivity contribution in [2.75, 3.05) is 65.6 Å². The largest absolute Gasteiger partial charge is 0.378 e. The summed E-state index contributed by atoms with van der Waals surface area (Å²) in [6, 6.07) is -0.457. The molecule has 10 nitrogen and oxygen atoms in total. The molecule has 1 N–H and O–H groups in total. The number of nitrogens with one attached hydrogen (secondary N) is 1. The summed E-state index contributed by atoms with van der Waals surface area (Å²) in [5.74, 6) is -0.310. The normalized spacial score (nSPS) is 30.1. The highest BCUT2D eigenvalue weighted by atomic mass is 16.5. The van der Waals surface area contributed by atoms with Crippen molar-refractivity contribution in [2.45, 2.75) is 38.1 Å². The number of carbonyl (C=O) groups excluding carboxylic acids is 4. The Morgan fingerprint density at radius 2 is 1.61 bits per heavy atom. The fraction of sp³-hybridized carbons (Fsp3) is 0.810. The van der Waals surface area contributed by atoms with E-state index in [0.717, 1.165) is 24.2 Å². The summed E-state index contributed by atoms with van der Waals surface area (Å²) in [5, 5.41) is 2.89. The fourth-order valence-electron chi connectivity index (χ4n) is 5.13. The molecule has 0 aromatic carbocycles.